The number of hydrogen-bond donors (Lipinski definition) is 1. The van der Waals surface area contributed by atoms with E-state index in [2.05, 4.69) is 49.2 Å². The van der Waals surface area contributed by atoms with E-state index < -0.39 is 0 Å². The maximum absolute atomic E-state index is 11.1. The smallest absolute Gasteiger partial charge is 0.243 e. The minimum absolute atomic E-state index is 0.132. The zero-order chi connectivity index (χ0) is 21.6. The first-order valence-electron chi connectivity index (χ1n) is 11.0. The first kappa shape index (κ1) is 23.5. The maximum atomic E-state index is 11.1. The minimum Gasteiger partial charge on any atom is -0.496 e. The number of carbonyl (C=O) groups is 1. The number of benzene rings is 2. The molecular weight excluding hydrogens is 374 g/mol. The summed E-state index contributed by atoms with van der Waals surface area (Å²) in [6.07, 6.45) is 9.13. The normalized spacial score (nSPS) is 10.5. The van der Waals surface area contributed by atoms with Gasteiger partial charge in [0.15, 0.2) is 0 Å². The van der Waals surface area contributed by atoms with Crippen LogP contribution in [0.4, 0.5) is 0 Å². The van der Waals surface area contributed by atoms with Gasteiger partial charge in [-0.2, -0.15) is 0 Å². The van der Waals surface area contributed by atoms with Crippen LogP contribution in [0.15, 0.2) is 55.1 Å². The lowest BCUT2D eigenvalue weighted by Crippen LogP contribution is -2.22. The average Bonchev–Trinajstić information content (AvgIpc) is 2.79. The lowest BCUT2D eigenvalue weighted by atomic mass is 10.00. The standard InChI is InChI=1S/C26H35NO3/c1-4-6-7-8-11-22-12-13-23(20-25(22)29-3)21-14-16-24(17-15-21)30-19-10-9-18-27-26(28)5-2/h5,12-17,20H,2,4,6-11,18-19H2,1,3H3,(H,27,28). The largest absolute Gasteiger partial charge is 0.496 e. The fraction of sp³-hybridized carbons (Fsp3) is 0.423. The molecule has 0 unspecified atom stereocenters. The molecule has 2 aromatic carbocycles. The number of methoxy groups -OCH3 is 1. The van der Waals surface area contributed by atoms with Crippen molar-refractivity contribution in [3.05, 3.63) is 60.7 Å². The van der Waals surface area contributed by atoms with E-state index in [1.807, 2.05) is 12.1 Å². The number of carbonyl (C=O) groups excluding carboxylic acids is 1. The van der Waals surface area contributed by atoms with E-state index in [9.17, 15) is 4.79 Å². The molecule has 0 spiro atoms. The number of nitrogens with one attached hydrogen (secondary N) is 1. The average molecular weight is 410 g/mol. The van der Waals surface area contributed by atoms with E-state index in [-0.39, 0.29) is 5.91 Å². The van der Waals surface area contributed by atoms with Gasteiger partial charge in [-0.15, -0.1) is 0 Å². The van der Waals surface area contributed by atoms with Crippen LogP contribution in [0.3, 0.4) is 0 Å². The Morgan fingerprint density at radius 1 is 1.00 bits per heavy atom. The third-order valence-electron chi connectivity index (χ3n) is 5.10. The number of amides is 1. The Balaban J connectivity index is 1.84. The first-order chi connectivity index (χ1) is 14.7. The van der Waals surface area contributed by atoms with Gasteiger partial charge in [-0.3, -0.25) is 4.79 Å². The molecule has 0 saturated heterocycles. The third-order valence-corrected chi connectivity index (χ3v) is 5.10. The summed E-state index contributed by atoms with van der Waals surface area (Å²) in [5, 5.41) is 2.76. The quantitative estimate of drug-likeness (QED) is 0.310. The molecule has 30 heavy (non-hydrogen) atoms. The highest BCUT2D eigenvalue weighted by atomic mass is 16.5. The summed E-state index contributed by atoms with van der Waals surface area (Å²) in [5.41, 5.74) is 3.57. The molecule has 0 radical (unpaired) electrons. The lowest BCUT2D eigenvalue weighted by Gasteiger charge is -2.12. The van der Waals surface area contributed by atoms with E-state index in [0.717, 1.165) is 41.9 Å². The molecule has 0 saturated carbocycles. The van der Waals surface area contributed by atoms with E-state index in [0.29, 0.717) is 13.2 Å². The van der Waals surface area contributed by atoms with Crippen molar-refractivity contribution in [2.24, 2.45) is 0 Å². The van der Waals surface area contributed by atoms with Crippen molar-refractivity contribution in [3.8, 4) is 22.6 Å². The molecule has 1 N–H and O–H groups in total. The Morgan fingerprint density at radius 3 is 2.47 bits per heavy atom. The van der Waals surface area contributed by atoms with Crippen LogP contribution in [0.25, 0.3) is 11.1 Å². The minimum atomic E-state index is -0.132. The predicted molar refractivity (Wildman–Crippen MR) is 124 cm³/mol. The fourth-order valence-electron chi connectivity index (χ4n) is 3.32. The summed E-state index contributed by atoms with van der Waals surface area (Å²) in [5.74, 6) is 1.69. The molecule has 0 bridgehead atoms. The van der Waals surface area contributed by atoms with E-state index in [1.165, 1.54) is 37.3 Å². The molecule has 0 fully saturated rings. The van der Waals surface area contributed by atoms with Gasteiger partial charge in [0.05, 0.1) is 13.7 Å². The summed E-state index contributed by atoms with van der Waals surface area (Å²) >= 11 is 0. The number of rotatable bonds is 14. The molecule has 0 aliphatic heterocycles. The molecule has 2 rings (SSSR count). The summed E-state index contributed by atoms with van der Waals surface area (Å²) in [6, 6.07) is 14.6. The van der Waals surface area contributed by atoms with Crippen molar-refractivity contribution >= 4 is 5.91 Å². The molecular formula is C26H35NO3. The molecule has 4 heteroatoms. The van der Waals surface area contributed by atoms with Crippen molar-refractivity contribution in [2.75, 3.05) is 20.3 Å². The Labute approximate surface area is 181 Å². The van der Waals surface area contributed by atoms with Gasteiger partial charge in [-0.05, 0) is 66.6 Å². The van der Waals surface area contributed by atoms with Gasteiger partial charge in [0.2, 0.25) is 5.91 Å². The molecule has 0 atom stereocenters. The SMILES string of the molecule is C=CC(=O)NCCCCOc1ccc(-c2ccc(CCCCCC)c(OC)c2)cc1. The Morgan fingerprint density at radius 2 is 1.77 bits per heavy atom. The molecule has 0 aromatic heterocycles. The molecule has 4 nitrogen and oxygen atoms in total. The molecule has 162 valence electrons. The van der Waals surface area contributed by atoms with E-state index >= 15 is 0 Å². The summed E-state index contributed by atoms with van der Waals surface area (Å²) in [6.45, 7) is 6.94. The molecule has 0 aliphatic rings. The molecule has 0 heterocycles. The second-order valence-corrected chi connectivity index (χ2v) is 7.41. The second kappa shape index (κ2) is 13.5. The van der Waals surface area contributed by atoms with Crippen molar-refractivity contribution in [1.82, 2.24) is 5.32 Å². The highest BCUT2D eigenvalue weighted by Gasteiger charge is 2.07. The number of aryl methyl sites for hydroxylation is 1. The Hall–Kier alpha value is -2.75. The van der Waals surface area contributed by atoms with Crippen molar-refractivity contribution in [3.63, 3.8) is 0 Å². The fourth-order valence-corrected chi connectivity index (χ4v) is 3.32. The highest BCUT2D eigenvalue weighted by Crippen LogP contribution is 2.29. The van der Waals surface area contributed by atoms with Crippen molar-refractivity contribution < 1.29 is 14.3 Å². The van der Waals surface area contributed by atoms with Crippen LogP contribution in [0, 0.1) is 0 Å². The van der Waals surface area contributed by atoms with E-state index in [4.69, 9.17) is 9.47 Å². The van der Waals surface area contributed by atoms with Crippen LogP contribution in [-0.2, 0) is 11.2 Å². The van der Waals surface area contributed by atoms with Gasteiger partial charge in [-0.1, -0.05) is 57.0 Å². The van der Waals surface area contributed by atoms with Gasteiger partial charge in [-0.25, -0.2) is 0 Å². The summed E-state index contributed by atoms with van der Waals surface area (Å²) in [7, 11) is 1.74. The van der Waals surface area contributed by atoms with Crippen LogP contribution >= 0.6 is 0 Å². The Kier molecular flexibility index (Phi) is 10.6. The molecule has 0 aliphatic carbocycles. The van der Waals surface area contributed by atoms with Crippen LogP contribution in [0.2, 0.25) is 0 Å². The number of unbranched alkanes of at least 4 members (excludes halogenated alkanes) is 4. The third kappa shape index (κ3) is 7.94. The first-order valence-corrected chi connectivity index (χ1v) is 11.0. The van der Waals surface area contributed by atoms with Gasteiger partial charge in [0.1, 0.15) is 11.5 Å². The van der Waals surface area contributed by atoms with Gasteiger partial charge >= 0.3 is 0 Å². The topological polar surface area (TPSA) is 47.6 Å². The lowest BCUT2D eigenvalue weighted by molar-refractivity contribution is -0.116. The van der Waals surface area contributed by atoms with Gasteiger partial charge < -0.3 is 14.8 Å². The number of hydrogen-bond acceptors (Lipinski definition) is 3. The van der Waals surface area contributed by atoms with Crippen molar-refractivity contribution in [2.45, 2.75) is 51.9 Å². The predicted octanol–water partition coefficient (Wildman–Crippen LogP) is 5.95. The van der Waals surface area contributed by atoms with Crippen LogP contribution in [0.5, 0.6) is 11.5 Å². The van der Waals surface area contributed by atoms with Crippen molar-refractivity contribution in [1.29, 1.82) is 0 Å². The second-order valence-electron chi connectivity index (χ2n) is 7.41. The molecule has 2 aromatic rings. The highest BCUT2D eigenvalue weighted by molar-refractivity contribution is 5.86. The zero-order valence-corrected chi connectivity index (χ0v) is 18.4. The molecule has 1 amide bonds. The van der Waals surface area contributed by atoms with Crippen LogP contribution < -0.4 is 14.8 Å². The van der Waals surface area contributed by atoms with Gasteiger partial charge in [0.25, 0.3) is 0 Å². The summed E-state index contributed by atoms with van der Waals surface area (Å²) < 4.78 is 11.4. The zero-order valence-electron chi connectivity index (χ0n) is 18.4. The van der Waals surface area contributed by atoms with Crippen LogP contribution in [-0.4, -0.2) is 26.2 Å². The Bertz CT molecular complexity index is 783. The number of ether oxygens (including phenoxy) is 2. The maximum Gasteiger partial charge on any atom is 0.243 e. The van der Waals surface area contributed by atoms with Gasteiger partial charge in [0, 0.05) is 6.54 Å². The van der Waals surface area contributed by atoms with Crippen LogP contribution in [0.1, 0.15) is 51.0 Å². The summed E-state index contributed by atoms with van der Waals surface area (Å²) in [4.78, 5) is 11.1. The van der Waals surface area contributed by atoms with E-state index in [1.54, 1.807) is 7.11 Å². The monoisotopic (exact) mass is 409 g/mol.